The second kappa shape index (κ2) is 8.82. The van der Waals surface area contributed by atoms with Crippen LogP contribution in [-0.2, 0) is 10.0 Å². The molecule has 0 aliphatic heterocycles. The van der Waals surface area contributed by atoms with Crippen molar-refractivity contribution in [1.29, 1.82) is 0 Å². The first-order chi connectivity index (χ1) is 14.5. The van der Waals surface area contributed by atoms with Gasteiger partial charge in [0.2, 0.25) is 10.0 Å². The Kier molecular flexibility index (Phi) is 6.54. The van der Waals surface area contributed by atoms with E-state index < -0.39 is 21.5 Å². The van der Waals surface area contributed by atoms with Crippen LogP contribution in [0.3, 0.4) is 0 Å². The standard InChI is InChI=1S/C22H25ClN4O3S/c1-15(16-5-8-18(9-6-16)27-12-11-24-14-27)25-21(28)17-7-10-19(23)20(13-17)31(29,30)26-22(2,3)4/h5-15,26H,1-4H3,(H,25,28). The van der Waals surface area contributed by atoms with Crippen LogP contribution in [0.15, 0.2) is 66.1 Å². The molecule has 0 spiro atoms. The van der Waals surface area contributed by atoms with Gasteiger partial charge in [0.25, 0.3) is 5.91 Å². The van der Waals surface area contributed by atoms with Crippen LogP contribution in [0.1, 0.15) is 49.7 Å². The summed E-state index contributed by atoms with van der Waals surface area (Å²) in [6.07, 6.45) is 5.26. The Labute approximate surface area is 187 Å². The number of sulfonamides is 1. The fourth-order valence-electron chi connectivity index (χ4n) is 3.02. The first-order valence-corrected chi connectivity index (χ1v) is 11.5. The number of hydrogen-bond donors (Lipinski definition) is 2. The predicted molar refractivity (Wildman–Crippen MR) is 121 cm³/mol. The average Bonchev–Trinajstić information content (AvgIpc) is 3.21. The third kappa shape index (κ3) is 5.72. The number of imidazole rings is 1. The van der Waals surface area contributed by atoms with Gasteiger partial charge in [-0.05, 0) is 63.6 Å². The van der Waals surface area contributed by atoms with E-state index in [4.69, 9.17) is 11.6 Å². The maximum atomic E-state index is 12.8. The summed E-state index contributed by atoms with van der Waals surface area (Å²) in [6.45, 7) is 7.05. The van der Waals surface area contributed by atoms with Crippen molar-refractivity contribution in [3.05, 3.63) is 77.3 Å². The Bertz CT molecular complexity index is 1170. The normalized spacial score (nSPS) is 13.1. The highest BCUT2D eigenvalue weighted by Gasteiger charge is 2.25. The number of amides is 1. The molecule has 1 unspecified atom stereocenters. The Hall–Kier alpha value is -2.68. The molecule has 0 aliphatic rings. The highest BCUT2D eigenvalue weighted by atomic mass is 35.5. The van der Waals surface area contributed by atoms with Gasteiger partial charge in [-0.2, -0.15) is 0 Å². The Morgan fingerprint density at radius 1 is 1.13 bits per heavy atom. The lowest BCUT2D eigenvalue weighted by atomic mass is 10.1. The van der Waals surface area contributed by atoms with E-state index >= 15 is 0 Å². The molecule has 1 aromatic heterocycles. The lowest BCUT2D eigenvalue weighted by molar-refractivity contribution is 0.0939. The molecule has 1 atom stereocenters. The van der Waals surface area contributed by atoms with E-state index in [0.29, 0.717) is 0 Å². The van der Waals surface area contributed by atoms with Crippen molar-refractivity contribution in [3.63, 3.8) is 0 Å². The van der Waals surface area contributed by atoms with E-state index in [0.717, 1.165) is 11.3 Å². The van der Waals surface area contributed by atoms with Crippen molar-refractivity contribution in [2.24, 2.45) is 0 Å². The molecular weight excluding hydrogens is 436 g/mol. The molecule has 2 N–H and O–H groups in total. The number of carbonyl (C=O) groups excluding carboxylic acids is 1. The summed E-state index contributed by atoms with van der Waals surface area (Å²) in [5.41, 5.74) is 1.39. The van der Waals surface area contributed by atoms with Crippen molar-refractivity contribution in [2.45, 2.75) is 44.2 Å². The predicted octanol–water partition coefficient (Wildman–Crippen LogP) is 4.09. The number of hydrogen-bond acceptors (Lipinski definition) is 4. The summed E-state index contributed by atoms with van der Waals surface area (Å²) >= 11 is 6.12. The zero-order valence-corrected chi connectivity index (χ0v) is 19.3. The third-order valence-electron chi connectivity index (χ3n) is 4.47. The van der Waals surface area contributed by atoms with Gasteiger partial charge in [-0.25, -0.2) is 18.1 Å². The summed E-state index contributed by atoms with van der Waals surface area (Å²) < 4.78 is 29.8. The number of nitrogens with zero attached hydrogens (tertiary/aromatic N) is 2. The summed E-state index contributed by atoms with van der Waals surface area (Å²) in [4.78, 5) is 16.7. The van der Waals surface area contributed by atoms with E-state index in [1.54, 1.807) is 33.3 Å². The van der Waals surface area contributed by atoms with E-state index in [-0.39, 0.29) is 21.5 Å². The summed E-state index contributed by atoms with van der Waals surface area (Å²) in [7, 11) is -3.88. The maximum Gasteiger partial charge on any atom is 0.251 e. The minimum atomic E-state index is -3.88. The molecule has 0 aliphatic carbocycles. The molecule has 1 heterocycles. The molecular formula is C22H25ClN4O3S. The van der Waals surface area contributed by atoms with E-state index in [1.807, 2.05) is 42.0 Å². The fraction of sp³-hybridized carbons (Fsp3) is 0.273. The van der Waals surface area contributed by atoms with Crippen LogP contribution in [0.5, 0.6) is 0 Å². The number of rotatable bonds is 6. The van der Waals surface area contributed by atoms with Gasteiger partial charge in [0.05, 0.1) is 17.4 Å². The highest BCUT2D eigenvalue weighted by molar-refractivity contribution is 7.89. The minimum Gasteiger partial charge on any atom is -0.346 e. The molecule has 0 bridgehead atoms. The lowest BCUT2D eigenvalue weighted by Crippen LogP contribution is -2.40. The number of halogens is 1. The number of carbonyl (C=O) groups is 1. The molecule has 0 saturated carbocycles. The van der Waals surface area contributed by atoms with E-state index in [9.17, 15) is 13.2 Å². The highest BCUT2D eigenvalue weighted by Crippen LogP contribution is 2.24. The maximum absolute atomic E-state index is 12.8. The zero-order chi connectivity index (χ0) is 22.8. The van der Waals surface area contributed by atoms with Crippen molar-refractivity contribution in [1.82, 2.24) is 19.6 Å². The SMILES string of the molecule is CC(NC(=O)c1ccc(Cl)c(S(=O)(=O)NC(C)(C)C)c1)c1ccc(-n2ccnc2)cc1. The Morgan fingerprint density at radius 3 is 2.39 bits per heavy atom. The van der Waals surface area contributed by atoms with E-state index in [1.165, 1.54) is 18.2 Å². The summed E-state index contributed by atoms with van der Waals surface area (Å²) in [5.74, 6) is -0.393. The van der Waals surface area contributed by atoms with Crippen LogP contribution in [0.2, 0.25) is 5.02 Å². The zero-order valence-electron chi connectivity index (χ0n) is 17.8. The number of nitrogens with one attached hydrogen (secondary N) is 2. The molecule has 31 heavy (non-hydrogen) atoms. The van der Waals surface area contributed by atoms with Gasteiger partial charge in [-0.3, -0.25) is 4.79 Å². The molecule has 9 heteroatoms. The summed E-state index contributed by atoms with van der Waals surface area (Å²) in [5, 5.41) is 2.95. The average molecular weight is 461 g/mol. The fourth-order valence-corrected chi connectivity index (χ4v) is 4.96. The first-order valence-electron chi connectivity index (χ1n) is 9.69. The Morgan fingerprint density at radius 2 is 1.81 bits per heavy atom. The van der Waals surface area contributed by atoms with Gasteiger partial charge in [0, 0.05) is 29.2 Å². The first kappa shape index (κ1) is 23.0. The smallest absolute Gasteiger partial charge is 0.251 e. The quantitative estimate of drug-likeness (QED) is 0.579. The Balaban J connectivity index is 1.77. The molecule has 0 radical (unpaired) electrons. The van der Waals surface area contributed by atoms with Crippen molar-refractivity contribution in [2.75, 3.05) is 0 Å². The molecule has 3 aromatic rings. The molecule has 0 saturated heterocycles. The van der Waals surface area contributed by atoms with Gasteiger partial charge < -0.3 is 9.88 Å². The molecule has 7 nitrogen and oxygen atoms in total. The van der Waals surface area contributed by atoms with Crippen LogP contribution in [0.4, 0.5) is 0 Å². The number of aromatic nitrogens is 2. The molecule has 3 rings (SSSR count). The van der Waals surface area contributed by atoms with Crippen LogP contribution < -0.4 is 10.0 Å². The van der Waals surface area contributed by atoms with Crippen LogP contribution in [0.25, 0.3) is 5.69 Å². The molecule has 1 amide bonds. The largest absolute Gasteiger partial charge is 0.346 e. The topological polar surface area (TPSA) is 93.1 Å². The second-order valence-corrected chi connectivity index (χ2v) is 10.3. The minimum absolute atomic E-state index is 0.0523. The molecule has 2 aromatic carbocycles. The van der Waals surface area contributed by atoms with Gasteiger partial charge in [0.1, 0.15) is 4.90 Å². The molecule has 164 valence electrons. The van der Waals surface area contributed by atoms with Crippen LogP contribution in [0, 0.1) is 0 Å². The van der Waals surface area contributed by atoms with Crippen molar-refractivity contribution >= 4 is 27.5 Å². The molecule has 0 fully saturated rings. The van der Waals surface area contributed by atoms with Gasteiger partial charge in [0.15, 0.2) is 0 Å². The van der Waals surface area contributed by atoms with Crippen molar-refractivity contribution < 1.29 is 13.2 Å². The van der Waals surface area contributed by atoms with Crippen LogP contribution >= 0.6 is 11.6 Å². The lowest BCUT2D eigenvalue weighted by Gasteiger charge is -2.21. The van der Waals surface area contributed by atoms with Gasteiger partial charge >= 0.3 is 0 Å². The third-order valence-corrected chi connectivity index (χ3v) is 6.71. The van der Waals surface area contributed by atoms with Gasteiger partial charge in [-0.1, -0.05) is 23.7 Å². The van der Waals surface area contributed by atoms with Gasteiger partial charge in [-0.15, -0.1) is 0 Å². The van der Waals surface area contributed by atoms with Crippen LogP contribution in [-0.4, -0.2) is 29.4 Å². The van der Waals surface area contributed by atoms with Crippen molar-refractivity contribution in [3.8, 4) is 5.69 Å². The number of benzene rings is 2. The second-order valence-electron chi connectivity index (χ2n) is 8.26. The van der Waals surface area contributed by atoms with E-state index in [2.05, 4.69) is 15.0 Å². The summed E-state index contributed by atoms with van der Waals surface area (Å²) in [6, 6.07) is 11.6. The monoisotopic (exact) mass is 460 g/mol.